The van der Waals surface area contributed by atoms with Gasteiger partial charge in [-0.25, -0.2) is 4.39 Å². The molecule has 0 radical (unpaired) electrons. The number of rotatable bonds is 4. The van der Waals surface area contributed by atoms with Gasteiger partial charge in [0.05, 0.1) is 10.6 Å². The summed E-state index contributed by atoms with van der Waals surface area (Å²) in [5, 5.41) is -0.0479. The van der Waals surface area contributed by atoms with E-state index in [1.807, 2.05) is 19.9 Å². The van der Waals surface area contributed by atoms with Gasteiger partial charge in [-0.1, -0.05) is 17.7 Å². The van der Waals surface area contributed by atoms with Crippen molar-refractivity contribution in [3.05, 3.63) is 63.9 Å². The second kappa shape index (κ2) is 7.79. The van der Waals surface area contributed by atoms with E-state index in [1.165, 1.54) is 6.07 Å². The van der Waals surface area contributed by atoms with Gasteiger partial charge < -0.3 is 4.74 Å². The topological polar surface area (TPSA) is 67.4 Å². The van der Waals surface area contributed by atoms with E-state index in [0.29, 0.717) is 5.75 Å². The predicted octanol–water partition coefficient (Wildman–Crippen LogP) is 2.94. The summed E-state index contributed by atoms with van der Waals surface area (Å²) in [5.41, 5.74) is 6.49. The van der Waals surface area contributed by atoms with Gasteiger partial charge in [0.25, 0.3) is 11.8 Å². The van der Waals surface area contributed by atoms with E-state index in [-0.39, 0.29) is 17.2 Å². The Bertz CT molecular complexity index is 760. The number of hydrazine groups is 1. The summed E-state index contributed by atoms with van der Waals surface area (Å²) in [4.78, 5) is 23.6. The van der Waals surface area contributed by atoms with Crippen LogP contribution in [0, 0.1) is 19.7 Å². The lowest BCUT2D eigenvalue weighted by Gasteiger charge is -2.10. The normalized spacial score (nSPS) is 10.2. The quantitative estimate of drug-likeness (QED) is 0.833. The van der Waals surface area contributed by atoms with E-state index in [0.717, 1.165) is 23.3 Å². The molecular weight excluding hydrogens is 335 g/mol. The van der Waals surface area contributed by atoms with Crippen molar-refractivity contribution in [1.29, 1.82) is 0 Å². The molecule has 0 heterocycles. The molecule has 0 unspecified atom stereocenters. The minimum atomic E-state index is -0.653. The summed E-state index contributed by atoms with van der Waals surface area (Å²) >= 11 is 5.77. The molecule has 2 amide bonds. The van der Waals surface area contributed by atoms with E-state index < -0.39 is 17.6 Å². The fourth-order valence-electron chi connectivity index (χ4n) is 2.07. The van der Waals surface area contributed by atoms with Crippen molar-refractivity contribution in [1.82, 2.24) is 10.9 Å². The molecule has 5 nitrogen and oxygen atoms in total. The van der Waals surface area contributed by atoms with E-state index in [9.17, 15) is 14.0 Å². The standard InChI is InChI=1S/C17H16ClFN2O3/c1-10-5-11(2)7-13(6-10)24-9-16(22)20-21-17(23)14-4-3-12(19)8-15(14)18/h3-8H,9H2,1-2H3,(H,20,22)(H,21,23). The maximum absolute atomic E-state index is 12.9. The number of amides is 2. The maximum atomic E-state index is 12.9. The zero-order valence-corrected chi connectivity index (χ0v) is 13.9. The van der Waals surface area contributed by atoms with Crippen LogP contribution in [0.3, 0.4) is 0 Å². The van der Waals surface area contributed by atoms with Crippen LogP contribution in [0.15, 0.2) is 36.4 Å². The fourth-order valence-corrected chi connectivity index (χ4v) is 2.32. The van der Waals surface area contributed by atoms with Crippen LogP contribution < -0.4 is 15.6 Å². The first-order valence-electron chi connectivity index (χ1n) is 7.10. The predicted molar refractivity (Wildman–Crippen MR) is 88.4 cm³/mol. The summed E-state index contributed by atoms with van der Waals surface area (Å²) in [5.74, 6) is -1.18. The first kappa shape index (κ1) is 17.7. The highest BCUT2D eigenvalue weighted by molar-refractivity contribution is 6.33. The monoisotopic (exact) mass is 350 g/mol. The van der Waals surface area contributed by atoms with Gasteiger partial charge in [-0.2, -0.15) is 0 Å². The SMILES string of the molecule is Cc1cc(C)cc(OCC(=O)NNC(=O)c2ccc(F)cc2Cl)c1. The molecular formula is C17H16ClFN2O3. The zero-order valence-electron chi connectivity index (χ0n) is 13.2. The van der Waals surface area contributed by atoms with Crippen molar-refractivity contribution < 1.29 is 18.7 Å². The molecule has 2 aromatic rings. The van der Waals surface area contributed by atoms with E-state index in [1.54, 1.807) is 12.1 Å². The number of nitrogens with one attached hydrogen (secondary N) is 2. The van der Waals surface area contributed by atoms with Gasteiger partial charge in [-0.15, -0.1) is 0 Å². The van der Waals surface area contributed by atoms with Gasteiger partial charge in [0, 0.05) is 0 Å². The van der Waals surface area contributed by atoms with Crippen LogP contribution in [0.5, 0.6) is 5.75 Å². The lowest BCUT2D eigenvalue weighted by atomic mass is 10.1. The summed E-state index contributed by atoms with van der Waals surface area (Å²) in [6.07, 6.45) is 0. The Hall–Kier alpha value is -2.60. The highest BCUT2D eigenvalue weighted by Gasteiger charge is 2.12. The summed E-state index contributed by atoms with van der Waals surface area (Å²) in [6, 6.07) is 8.94. The number of carbonyl (C=O) groups is 2. The minimum absolute atomic E-state index is 0.0479. The van der Waals surface area contributed by atoms with Gasteiger partial charge in [-0.05, 0) is 55.3 Å². The van der Waals surface area contributed by atoms with Crippen molar-refractivity contribution in [2.45, 2.75) is 13.8 Å². The van der Waals surface area contributed by atoms with Crippen LogP contribution in [-0.2, 0) is 4.79 Å². The molecule has 0 aliphatic rings. The third-order valence-corrected chi connectivity index (χ3v) is 3.37. The number of hydrogen-bond donors (Lipinski definition) is 2. The smallest absolute Gasteiger partial charge is 0.276 e. The largest absolute Gasteiger partial charge is 0.484 e. The summed E-state index contributed by atoms with van der Waals surface area (Å²) in [7, 11) is 0. The Balaban J connectivity index is 1.85. The van der Waals surface area contributed by atoms with Gasteiger partial charge in [0.15, 0.2) is 6.61 Å². The van der Waals surface area contributed by atoms with Crippen molar-refractivity contribution >= 4 is 23.4 Å². The number of ether oxygens (including phenoxy) is 1. The molecule has 0 aromatic heterocycles. The highest BCUT2D eigenvalue weighted by atomic mass is 35.5. The Morgan fingerprint density at radius 3 is 2.38 bits per heavy atom. The number of carbonyl (C=O) groups excluding carboxylic acids is 2. The average Bonchev–Trinajstić information content (AvgIpc) is 2.49. The molecule has 2 aromatic carbocycles. The van der Waals surface area contributed by atoms with Crippen LogP contribution in [0.4, 0.5) is 4.39 Å². The van der Waals surface area contributed by atoms with Gasteiger partial charge in [0.2, 0.25) is 0 Å². The first-order valence-corrected chi connectivity index (χ1v) is 7.48. The molecule has 0 atom stereocenters. The van der Waals surface area contributed by atoms with Crippen LogP contribution in [-0.4, -0.2) is 18.4 Å². The number of halogens is 2. The van der Waals surface area contributed by atoms with Gasteiger partial charge in [0.1, 0.15) is 11.6 Å². The Kier molecular flexibility index (Phi) is 5.76. The number of benzene rings is 2. The van der Waals surface area contributed by atoms with Crippen molar-refractivity contribution in [3.8, 4) is 5.75 Å². The van der Waals surface area contributed by atoms with Crippen LogP contribution in [0.25, 0.3) is 0 Å². The van der Waals surface area contributed by atoms with Gasteiger partial charge in [-0.3, -0.25) is 20.4 Å². The average molecular weight is 351 g/mol. The Morgan fingerprint density at radius 1 is 1.08 bits per heavy atom. The third kappa shape index (κ3) is 4.96. The lowest BCUT2D eigenvalue weighted by molar-refractivity contribution is -0.123. The van der Waals surface area contributed by atoms with E-state index in [2.05, 4.69) is 10.9 Å². The summed E-state index contributed by atoms with van der Waals surface area (Å²) in [6.45, 7) is 3.58. The third-order valence-electron chi connectivity index (χ3n) is 3.06. The molecule has 0 fully saturated rings. The van der Waals surface area contributed by atoms with E-state index in [4.69, 9.17) is 16.3 Å². The highest BCUT2D eigenvalue weighted by Crippen LogP contribution is 2.17. The zero-order chi connectivity index (χ0) is 17.7. The molecule has 0 spiro atoms. The first-order chi connectivity index (χ1) is 11.3. The molecule has 126 valence electrons. The molecule has 24 heavy (non-hydrogen) atoms. The van der Waals surface area contributed by atoms with Crippen LogP contribution >= 0.6 is 11.6 Å². The van der Waals surface area contributed by atoms with E-state index >= 15 is 0 Å². The maximum Gasteiger partial charge on any atom is 0.276 e. The molecule has 0 saturated heterocycles. The molecule has 2 rings (SSSR count). The van der Waals surface area contributed by atoms with Crippen LogP contribution in [0.2, 0.25) is 5.02 Å². The van der Waals surface area contributed by atoms with Gasteiger partial charge >= 0.3 is 0 Å². The molecule has 0 bridgehead atoms. The number of hydrogen-bond acceptors (Lipinski definition) is 3. The van der Waals surface area contributed by atoms with Crippen molar-refractivity contribution in [2.24, 2.45) is 0 Å². The Labute approximate surface area is 143 Å². The molecule has 0 saturated carbocycles. The Morgan fingerprint density at radius 2 is 1.75 bits per heavy atom. The molecule has 0 aliphatic heterocycles. The summed E-state index contributed by atoms with van der Waals surface area (Å²) < 4.78 is 18.3. The van der Waals surface area contributed by atoms with Crippen molar-refractivity contribution in [3.63, 3.8) is 0 Å². The number of aryl methyl sites for hydroxylation is 2. The van der Waals surface area contributed by atoms with Crippen molar-refractivity contribution in [2.75, 3.05) is 6.61 Å². The molecule has 7 heteroatoms. The molecule has 2 N–H and O–H groups in total. The second-order valence-electron chi connectivity index (χ2n) is 5.24. The fraction of sp³-hybridized carbons (Fsp3) is 0.176. The van der Waals surface area contributed by atoms with Crippen LogP contribution in [0.1, 0.15) is 21.5 Å². The molecule has 0 aliphatic carbocycles. The minimum Gasteiger partial charge on any atom is -0.484 e. The second-order valence-corrected chi connectivity index (χ2v) is 5.65. The lowest BCUT2D eigenvalue weighted by Crippen LogP contribution is -2.43.